The summed E-state index contributed by atoms with van der Waals surface area (Å²) in [6, 6.07) is 6.65. The molecule has 21 heavy (non-hydrogen) atoms. The van der Waals surface area contributed by atoms with Gasteiger partial charge in [-0.3, -0.25) is 0 Å². The van der Waals surface area contributed by atoms with Gasteiger partial charge in [-0.1, -0.05) is 13.0 Å². The Morgan fingerprint density at radius 3 is 2.62 bits per heavy atom. The fourth-order valence-electron chi connectivity index (χ4n) is 3.30. The number of fused-ring (bicyclic) bond motifs is 1. The quantitative estimate of drug-likeness (QED) is 0.948. The predicted molar refractivity (Wildman–Crippen MR) is 86.1 cm³/mol. The molecule has 2 aromatic rings. The molecule has 5 heteroatoms. The summed E-state index contributed by atoms with van der Waals surface area (Å²) in [7, 11) is -3.05. The first-order valence-corrected chi connectivity index (χ1v) is 9.39. The highest BCUT2D eigenvalue weighted by Gasteiger charge is 2.26. The largest absolute Gasteiger partial charge is 0.361 e. The summed E-state index contributed by atoms with van der Waals surface area (Å²) in [5.41, 5.74) is 3.90. The van der Waals surface area contributed by atoms with Gasteiger partial charge in [-0.15, -0.1) is 0 Å². The van der Waals surface area contributed by atoms with Crippen molar-refractivity contribution in [2.75, 3.05) is 19.3 Å². The number of H-pyrrole nitrogens is 1. The van der Waals surface area contributed by atoms with Crippen LogP contribution in [0.5, 0.6) is 0 Å². The minimum atomic E-state index is -3.05. The zero-order valence-electron chi connectivity index (χ0n) is 12.6. The van der Waals surface area contributed by atoms with E-state index in [4.69, 9.17) is 0 Å². The van der Waals surface area contributed by atoms with E-state index in [1.165, 1.54) is 28.3 Å². The Morgan fingerprint density at radius 1 is 1.29 bits per heavy atom. The zero-order chi connectivity index (χ0) is 15.0. The van der Waals surface area contributed by atoms with E-state index in [9.17, 15) is 8.42 Å². The van der Waals surface area contributed by atoms with Crippen LogP contribution in [0.2, 0.25) is 0 Å². The molecule has 3 rings (SSSR count). The Labute approximate surface area is 126 Å². The predicted octanol–water partition coefficient (Wildman–Crippen LogP) is 2.87. The van der Waals surface area contributed by atoms with Crippen molar-refractivity contribution in [2.24, 2.45) is 0 Å². The van der Waals surface area contributed by atoms with Crippen LogP contribution >= 0.6 is 0 Å². The van der Waals surface area contributed by atoms with Gasteiger partial charge in [-0.05, 0) is 48.4 Å². The third-order valence-electron chi connectivity index (χ3n) is 4.53. The molecule has 0 bridgehead atoms. The van der Waals surface area contributed by atoms with Crippen LogP contribution in [0.1, 0.15) is 36.8 Å². The van der Waals surface area contributed by atoms with Crippen molar-refractivity contribution in [1.82, 2.24) is 9.29 Å². The maximum atomic E-state index is 11.6. The topological polar surface area (TPSA) is 53.2 Å². The lowest BCUT2D eigenvalue weighted by atomic mass is 9.87. The van der Waals surface area contributed by atoms with E-state index in [1.807, 2.05) is 6.20 Å². The lowest BCUT2D eigenvalue weighted by molar-refractivity contribution is 0.322. The molecule has 4 nitrogen and oxygen atoms in total. The highest BCUT2D eigenvalue weighted by molar-refractivity contribution is 7.88. The monoisotopic (exact) mass is 306 g/mol. The van der Waals surface area contributed by atoms with Gasteiger partial charge in [-0.2, -0.15) is 0 Å². The number of nitrogens with zero attached hydrogens (tertiary/aromatic N) is 1. The number of nitrogens with one attached hydrogen (secondary N) is 1. The number of benzene rings is 1. The second-order valence-electron chi connectivity index (χ2n) is 5.91. The molecule has 0 aliphatic carbocycles. The first kappa shape index (κ1) is 14.6. The van der Waals surface area contributed by atoms with Crippen LogP contribution in [0.15, 0.2) is 24.4 Å². The zero-order valence-corrected chi connectivity index (χ0v) is 13.4. The van der Waals surface area contributed by atoms with Crippen LogP contribution in [0.3, 0.4) is 0 Å². The normalized spacial score (nSPS) is 18.4. The van der Waals surface area contributed by atoms with Gasteiger partial charge in [0.1, 0.15) is 0 Å². The molecule has 0 saturated carbocycles. The molecule has 1 aromatic heterocycles. The van der Waals surface area contributed by atoms with Crippen molar-refractivity contribution in [3.05, 3.63) is 35.5 Å². The summed E-state index contributed by atoms with van der Waals surface area (Å²) in [5, 5.41) is 1.28. The maximum Gasteiger partial charge on any atom is 0.211 e. The molecule has 0 atom stereocenters. The second kappa shape index (κ2) is 5.46. The van der Waals surface area contributed by atoms with E-state index in [1.54, 1.807) is 4.31 Å². The highest BCUT2D eigenvalue weighted by Crippen LogP contribution is 2.34. The Balaban J connectivity index is 1.90. The molecule has 0 spiro atoms. The molecule has 114 valence electrons. The highest BCUT2D eigenvalue weighted by atomic mass is 32.2. The standard InChI is InChI=1S/C16H22N2O2S/c1-3-12-10-15(14-4-7-17-16(14)11-12)13-5-8-18(9-6-13)21(2,19)20/h4,7,10-11,13,17H,3,5-6,8-9H2,1-2H3. The lowest BCUT2D eigenvalue weighted by Gasteiger charge is -2.31. The molecule has 1 N–H and O–H groups in total. The number of rotatable bonds is 3. The maximum absolute atomic E-state index is 11.6. The number of hydrogen-bond donors (Lipinski definition) is 1. The molecule has 0 radical (unpaired) electrons. The lowest BCUT2D eigenvalue weighted by Crippen LogP contribution is -2.37. The average Bonchev–Trinajstić information content (AvgIpc) is 2.93. The van der Waals surface area contributed by atoms with Crippen molar-refractivity contribution < 1.29 is 8.42 Å². The van der Waals surface area contributed by atoms with E-state index >= 15 is 0 Å². The Morgan fingerprint density at radius 2 is 2.00 bits per heavy atom. The molecule has 1 saturated heterocycles. The van der Waals surface area contributed by atoms with E-state index in [-0.39, 0.29) is 0 Å². The van der Waals surface area contributed by atoms with Gasteiger partial charge in [0, 0.05) is 30.2 Å². The number of aromatic nitrogens is 1. The van der Waals surface area contributed by atoms with E-state index in [0.717, 1.165) is 19.3 Å². The van der Waals surface area contributed by atoms with Crippen molar-refractivity contribution in [2.45, 2.75) is 32.1 Å². The molecular weight excluding hydrogens is 284 g/mol. The minimum absolute atomic E-state index is 0.452. The van der Waals surface area contributed by atoms with Crippen molar-refractivity contribution >= 4 is 20.9 Å². The molecule has 2 heterocycles. The SMILES string of the molecule is CCc1cc(C2CCN(S(C)(=O)=O)CC2)c2cc[nH]c2c1. The molecule has 0 amide bonds. The van der Waals surface area contributed by atoms with Crippen LogP contribution in [0, 0.1) is 0 Å². The van der Waals surface area contributed by atoms with E-state index in [2.05, 4.69) is 30.1 Å². The minimum Gasteiger partial charge on any atom is -0.361 e. The Bertz CT molecular complexity index is 741. The van der Waals surface area contributed by atoms with Gasteiger partial charge in [-0.25, -0.2) is 12.7 Å². The van der Waals surface area contributed by atoms with Gasteiger partial charge in [0.15, 0.2) is 0 Å². The van der Waals surface area contributed by atoms with Crippen molar-refractivity contribution in [3.63, 3.8) is 0 Å². The van der Waals surface area contributed by atoms with E-state index < -0.39 is 10.0 Å². The summed E-state index contributed by atoms with van der Waals surface area (Å²) in [6.07, 6.45) is 6.11. The molecule has 0 unspecified atom stereocenters. The van der Waals surface area contributed by atoms with Gasteiger partial charge in [0.2, 0.25) is 10.0 Å². The third kappa shape index (κ3) is 2.85. The second-order valence-corrected chi connectivity index (χ2v) is 7.90. The first-order valence-electron chi connectivity index (χ1n) is 7.54. The number of sulfonamides is 1. The average molecular weight is 306 g/mol. The summed E-state index contributed by atoms with van der Waals surface area (Å²) in [4.78, 5) is 3.30. The fraction of sp³-hybridized carbons (Fsp3) is 0.500. The number of hydrogen-bond acceptors (Lipinski definition) is 2. The van der Waals surface area contributed by atoms with Gasteiger partial charge < -0.3 is 4.98 Å². The van der Waals surface area contributed by atoms with Crippen LogP contribution < -0.4 is 0 Å². The summed E-state index contributed by atoms with van der Waals surface area (Å²) in [6.45, 7) is 3.43. The van der Waals surface area contributed by atoms with Crippen LogP contribution in [-0.4, -0.2) is 37.1 Å². The Kier molecular flexibility index (Phi) is 3.80. The molecule has 1 aromatic carbocycles. The fourth-order valence-corrected chi connectivity index (χ4v) is 4.17. The molecule has 1 aliphatic rings. The van der Waals surface area contributed by atoms with Gasteiger partial charge in [0.05, 0.1) is 6.26 Å². The van der Waals surface area contributed by atoms with Gasteiger partial charge in [0.25, 0.3) is 0 Å². The van der Waals surface area contributed by atoms with Crippen LogP contribution in [0.25, 0.3) is 10.9 Å². The summed E-state index contributed by atoms with van der Waals surface area (Å²) >= 11 is 0. The van der Waals surface area contributed by atoms with Gasteiger partial charge >= 0.3 is 0 Å². The summed E-state index contributed by atoms with van der Waals surface area (Å²) < 4.78 is 24.8. The van der Waals surface area contributed by atoms with E-state index in [0.29, 0.717) is 19.0 Å². The number of aromatic amines is 1. The summed E-state index contributed by atoms with van der Waals surface area (Å²) in [5.74, 6) is 0.452. The Hall–Kier alpha value is -1.33. The number of piperidine rings is 1. The van der Waals surface area contributed by atoms with Crippen LogP contribution in [-0.2, 0) is 16.4 Å². The molecular formula is C16H22N2O2S. The molecule has 1 aliphatic heterocycles. The molecule has 1 fully saturated rings. The van der Waals surface area contributed by atoms with Crippen LogP contribution in [0.4, 0.5) is 0 Å². The van der Waals surface area contributed by atoms with Crippen molar-refractivity contribution in [1.29, 1.82) is 0 Å². The number of aryl methyl sites for hydroxylation is 1. The third-order valence-corrected chi connectivity index (χ3v) is 5.83. The first-order chi connectivity index (χ1) is 9.99. The van der Waals surface area contributed by atoms with Crippen molar-refractivity contribution in [3.8, 4) is 0 Å². The smallest absolute Gasteiger partial charge is 0.211 e.